The monoisotopic (exact) mass is 523 g/mol. The number of hydrogen-bond donors (Lipinski definition) is 2. The van der Waals surface area contributed by atoms with E-state index in [0.29, 0.717) is 23.9 Å². The highest BCUT2D eigenvalue weighted by Gasteiger charge is 2.39. The van der Waals surface area contributed by atoms with Crippen LogP contribution in [-0.4, -0.2) is 55.9 Å². The lowest BCUT2D eigenvalue weighted by Gasteiger charge is -2.39. The number of benzene rings is 2. The van der Waals surface area contributed by atoms with Crippen LogP contribution in [0.25, 0.3) is 22.3 Å². The van der Waals surface area contributed by atoms with Crippen LogP contribution in [0.1, 0.15) is 57.4 Å². The number of fused-ring (bicyclic) bond motifs is 3. The molecule has 2 aromatic heterocycles. The zero-order valence-corrected chi connectivity index (χ0v) is 22.5. The average Bonchev–Trinajstić information content (AvgIpc) is 3.43. The van der Waals surface area contributed by atoms with Crippen molar-refractivity contribution < 1.29 is 4.74 Å². The Hall–Kier alpha value is -3.49. The number of nitrogens with one attached hydrogen (secondary N) is 1. The van der Waals surface area contributed by atoms with Crippen LogP contribution in [0.4, 0.5) is 5.82 Å². The van der Waals surface area contributed by atoms with Gasteiger partial charge in [-0.2, -0.15) is 5.10 Å². The molecule has 3 aliphatic rings. The van der Waals surface area contributed by atoms with Crippen LogP contribution < -0.4 is 15.8 Å². The van der Waals surface area contributed by atoms with Gasteiger partial charge < -0.3 is 20.7 Å². The summed E-state index contributed by atoms with van der Waals surface area (Å²) in [6, 6.07) is 20.9. The Balaban J connectivity index is 1.07. The van der Waals surface area contributed by atoms with Crippen LogP contribution in [0.5, 0.6) is 11.5 Å². The van der Waals surface area contributed by atoms with E-state index in [9.17, 15) is 0 Å². The molecule has 4 heterocycles. The van der Waals surface area contributed by atoms with Gasteiger partial charge in [-0.1, -0.05) is 18.2 Å². The van der Waals surface area contributed by atoms with Crippen molar-refractivity contribution in [2.75, 3.05) is 12.8 Å². The maximum atomic E-state index is 6.39. The molecular weight excluding hydrogens is 486 g/mol. The lowest BCUT2D eigenvalue weighted by molar-refractivity contribution is 0.136. The summed E-state index contributed by atoms with van der Waals surface area (Å²) >= 11 is 0. The smallest absolute Gasteiger partial charge is 0.164 e. The SMILES string of the molecule is CN1[C@H]2CC[C@H]1CC(NC1CCC(n3nc(-c4ccc(Oc5ccccc5)cc4)c4c(N)ncnc43)CC1)C2. The van der Waals surface area contributed by atoms with Crippen LogP contribution in [0.15, 0.2) is 60.9 Å². The van der Waals surface area contributed by atoms with Crippen molar-refractivity contribution in [3.8, 4) is 22.8 Å². The molecule has 8 heteroatoms. The number of ether oxygens (including phenoxy) is 1. The first kappa shape index (κ1) is 24.5. The summed E-state index contributed by atoms with van der Waals surface area (Å²) < 4.78 is 8.10. The van der Waals surface area contributed by atoms with Gasteiger partial charge in [0.15, 0.2) is 5.65 Å². The number of nitrogens with zero attached hydrogens (tertiary/aromatic N) is 5. The standard InChI is InChI=1S/C31H37N7O/c1-37-24-13-14-25(37)18-22(17-24)35-21-9-11-23(12-10-21)38-31-28(30(32)33-19-34-31)29(36-38)20-7-15-27(16-8-20)39-26-5-3-2-4-6-26/h2-8,15-16,19,21-25,35H,9-14,17-18H2,1H3,(H2,32,33,34)/t21?,23?,24-,25-/m0/s1. The minimum atomic E-state index is 0.308. The highest BCUT2D eigenvalue weighted by atomic mass is 16.5. The van der Waals surface area contributed by atoms with Crippen LogP contribution in [-0.2, 0) is 0 Å². The lowest BCUT2D eigenvalue weighted by atomic mass is 9.89. The van der Waals surface area contributed by atoms with E-state index in [1.807, 2.05) is 54.6 Å². The minimum Gasteiger partial charge on any atom is -0.457 e. The molecule has 2 saturated heterocycles. The van der Waals surface area contributed by atoms with Gasteiger partial charge in [0.1, 0.15) is 29.3 Å². The molecule has 8 nitrogen and oxygen atoms in total. The Morgan fingerprint density at radius 2 is 1.46 bits per heavy atom. The molecule has 7 rings (SSSR count). The summed E-state index contributed by atoms with van der Waals surface area (Å²) in [5, 5.41) is 9.97. The van der Waals surface area contributed by atoms with Crippen molar-refractivity contribution in [1.82, 2.24) is 30.0 Å². The summed E-state index contributed by atoms with van der Waals surface area (Å²) in [5.74, 6) is 2.06. The molecule has 0 amide bonds. The molecule has 0 spiro atoms. The molecule has 1 aliphatic carbocycles. The number of anilines is 1. The van der Waals surface area contributed by atoms with Gasteiger partial charge in [-0.3, -0.25) is 0 Å². The van der Waals surface area contributed by atoms with E-state index in [1.165, 1.54) is 25.7 Å². The number of nitrogen functional groups attached to an aromatic ring is 1. The lowest BCUT2D eigenvalue weighted by Crippen LogP contribution is -2.50. The number of piperidine rings is 1. The van der Waals surface area contributed by atoms with Crippen LogP contribution >= 0.6 is 0 Å². The molecule has 1 saturated carbocycles. The van der Waals surface area contributed by atoms with E-state index >= 15 is 0 Å². The second-order valence-electron chi connectivity index (χ2n) is 11.6. The molecule has 2 bridgehead atoms. The first-order chi connectivity index (χ1) is 19.1. The Morgan fingerprint density at radius 1 is 0.795 bits per heavy atom. The second-order valence-corrected chi connectivity index (χ2v) is 11.6. The van der Waals surface area contributed by atoms with Crippen molar-refractivity contribution in [3.63, 3.8) is 0 Å². The Labute approximate surface area is 229 Å². The third kappa shape index (κ3) is 4.76. The summed E-state index contributed by atoms with van der Waals surface area (Å²) in [6.45, 7) is 0. The van der Waals surface area contributed by atoms with E-state index in [0.717, 1.165) is 71.6 Å². The zero-order valence-electron chi connectivity index (χ0n) is 22.5. The van der Waals surface area contributed by atoms with E-state index < -0.39 is 0 Å². The predicted molar refractivity (Wildman–Crippen MR) is 154 cm³/mol. The second kappa shape index (κ2) is 10.2. The average molecular weight is 524 g/mol. The summed E-state index contributed by atoms with van der Waals surface area (Å²) in [6.07, 6.45) is 11.4. The summed E-state index contributed by atoms with van der Waals surface area (Å²) in [5.41, 5.74) is 9.02. The van der Waals surface area contributed by atoms with Crippen molar-refractivity contribution >= 4 is 16.9 Å². The quantitative estimate of drug-likeness (QED) is 0.341. The van der Waals surface area contributed by atoms with Gasteiger partial charge in [-0.05, 0) is 94.8 Å². The number of nitrogens with two attached hydrogens (primary N) is 1. The van der Waals surface area contributed by atoms with E-state index in [2.05, 4.69) is 31.9 Å². The molecule has 202 valence electrons. The highest BCUT2D eigenvalue weighted by molar-refractivity contribution is 5.98. The van der Waals surface area contributed by atoms with Gasteiger partial charge >= 0.3 is 0 Å². The van der Waals surface area contributed by atoms with Crippen LogP contribution in [0.3, 0.4) is 0 Å². The first-order valence-corrected chi connectivity index (χ1v) is 14.4. The largest absolute Gasteiger partial charge is 0.457 e. The summed E-state index contributed by atoms with van der Waals surface area (Å²) in [4.78, 5) is 11.6. The van der Waals surface area contributed by atoms with Crippen molar-refractivity contribution in [2.24, 2.45) is 0 Å². The van der Waals surface area contributed by atoms with E-state index in [-0.39, 0.29) is 0 Å². The molecule has 4 aromatic rings. The van der Waals surface area contributed by atoms with Crippen LogP contribution in [0, 0.1) is 0 Å². The zero-order chi connectivity index (χ0) is 26.3. The molecule has 0 radical (unpaired) electrons. The highest BCUT2D eigenvalue weighted by Crippen LogP contribution is 2.38. The predicted octanol–water partition coefficient (Wildman–Crippen LogP) is 5.57. The summed E-state index contributed by atoms with van der Waals surface area (Å²) in [7, 11) is 2.32. The fraction of sp³-hybridized carbons (Fsp3) is 0.452. The number of hydrogen-bond acceptors (Lipinski definition) is 7. The van der Waals surface area contributed by atoms with Gasteiger partial charge in [0.2, 0.25) is 0 Å². The maximum absolute atomic E-state index is 6.39. The van der Waals surface area contributed by atoms with Crippen LogP contribution in [0.2, 0.25) is 0 Å². The number of aromatic nitrogens is 4. The molecule has 3 fully saturated rings. The molecule has 0 unspecified atom stereocenters. The third-order valence-electron chi connectivity index (χ3n) is 9.24. The molecule has 3 N–H and O–H groups in total. The molecule has 2 aromatic carbocycles. The molecule has 39 heavy (non-hydrogen) atoms. The van der Waals surface area contributed by atoms with Crippen molar-refractivity contribution in [1.29, 1.82) is 0 Å². The van der Waals surface area contributed by atoms with E-state index in [4.69, 9.17) is 15.6 Å². The van der Waals surface area contributed by atoms with Gasteiger partial charge in [0.05, 0.1) is 11.4 Å². The number of para-hydroxylation sites is 1. The third-order valence-corrected chi connectivity index (χ3v) is 9.24. The molecule has 2 atom stereocenters. The van der Waals surface area contributed by atoms with Gasteiger partial charge in [0, 0.05) is 29.7 Å². The topological polar surface area (TPSA) is 94.1 Å². The van der Waals surface area contributed by atoms with Gasteiger partial charge in [-0.15, -0.1) is 0 Å². The molecular formula is C31H37N7O. The van der Waals surface area contributed by atoms with Crippen molar-refractivity contribution in [2.45, 2.75) is 81.6 Å². The minimum absolute atomic E-state index is 0.308. The Morgan fingerprint density at radius 3 is 2.18 bits per heavy atom. The number of rotatable bonds is 6. The fourth-order valence-electron chi connectivity index (χ4n) is 7.13. The van der Waals surface area contributed by atoms with Gasteiger partial charge in [-0.25, -0.2) is 14.6 Å². The fourth-order valence-corrected chi connectivity index (χ4v) is 7.13. The maximum Gasteiger partial charge on any atom is 0.164 e. The first-order valence-electron chi connectivity index (χ1n) is 14.4. The Bertz CT molecular complexity index is 1410. The Kier molecular flexibility index (Phi) is 6.45. The molecule has 2 aliphatic heterocycles. The van der Waals surface area contributed by atoms with Crippen molar-refractivity contribution in [3.05, 3.63) is 60.9 Å². The van der Waals surface area contributed by atoms with E-state index in [1.54, 1.807) is 6.33 Å². The van der Waals surface area contributed by atoms with Gasteiger partial charge in [0.25, 0.3) is 0 Å². The normalized spacial score (nSPS) is 27.2.